The SMILES string of the molecule is [2H]c1c([2H])c([2H])c2c(c1[2H])c1c([2H])c([2H])c([2H])c([2H])c1n2-c1ccc2cc3c(cc2c1)-c1cc2cc(N(c4ccccc4)c4ccccc4C)ccc2cc1-3. The van der Waals surface area contributed by atoms with Crippen molar-refractivity contribution in [2.45, 2.75) is 6.92 Å². The zero-order chi connectivity index (χ0) is 38.0. The summed E-state index contributed by atoms with van der Waals surface area (Å²) >= 11 is 0. The molecule has 2 nitrogen and oxygen atoms in total. The van der Waals surface area contributed by atoms with Crippen molar-refractivity contribution in [2.24, 2.45) is 0 Å². The first-order chi connectivity index (χ1) is 26.5. The van der Waals surface area contributed by atoms with Gasteiger partial charge in [0.15, 0.2) is 0 Å². The monoisotopic (exact) mass is 606 g/mol. The molecule has 47 heavy (non-hydrogen) atoms. The quantitative estimate of drug-likeness (QED) is 0.193. The number of para-hydroxylation sites is 4. The van der Waals surface area contributed by atoms with E-state index in [0.29, 0.717) is 5.69 Å². The molecule has 0 fully saturated rings. The van der Waals surface area contributed by atoms with Crippen molar-refractivity contribution in [1.82, 2.24) is 4.57 Å². The molecule has 0 radical (unpaired) electrons. The summed E-state index contributed by atoms with van der Waals surface area (Å²) in [5.74, 6) is 0. The summed E-state index contributed by atoms with van der Waals surface area (Å²) in [6.45, 7) is 2.12. The van der Waals surface area contributed by atoms with Crippen LogP contribution in [0.4, 0.5) is 17.1 Å². The maximum absolute atomic E-state index is 8.90. The molecule has 1 aliphatic carbocycles. The first kappa shape index (κ1) is 19.4. The molecule has 2 heteroatoms. The number of benzene rings is 8. The van der Waals surface area contributed by atoms with Crippen LogP contribution in [-0.4, -0.2) is 4.57 Å². The highest BCUT2D eigenvalue weighted by molar-refractivity contribution is 6.13. The Morgan fingerprint density at radius 3 is 1.70 bits per heavy atom. The lowest BCUT2D eigenvalue weighted by Crippen LogP contribution is -2.11. The smallest absolute Gasteiger partial charge is 0.0645 e. The third-order valence-electron chi connectivity index (χ3n) is 9.42. The van der Waals surface area contributed by atoms with Gasteiger partial charge >= 0.3 is 0 Å². The van der Waals surface area contributed by atoms with Crippen LogP contribution in [0.2, 0.25) is 0 Å². The Balaban J connectivity index is 1.14. The third kappa shape index (κ3) is 3.92. The molecule has 0 aliphatic heterocycles. The van der Waals surface area contributed by atoms with Crippen LogP contribution in [0.25, 0.3) is 71.3 Å². The van der Waals surface area contributed by atoms with E-state index in [0.717, 1.165) is 55.3 Å². The molecule has 1 aliphatic rings. The predicted octanol–water partition coefficient (Wildman–Crippen LogP) is 12.5. The van der Waals surface area contributed by atoms with E-state index < -0.39 is 24.2 Å². The lowest BCUT2D eigenvalue weighted by molar-refractivity contribution is 1.19. The molecule has 10 rings (SSSR count). The van der Waals surface area contributed by atoms with E-state index in [1.807, 2.05) is 24.3 Å². The largest absolute Gasteiger partial charge is 0.310 e. The predicted molar refractivity (Wildman–Crippen MR) is 200 cm³/mol. The van der Waals surface area contributed by atoms with E-state index >= 15 is 0 Å². The van der Waals surface area contributed by atoms with Gasteiger partial charge in [-0.05, 0) is 135 Å². The molecule has 1 heterocycles. The molecule has 0 N–H and O–H groups in total. The number of fused-ring (bicyclic) bond motifs is 9. The highest BCUT2D eigenvalue weighted by atomic mass is 15.1. The fourth-order valence-electron chi connectivity index (χ4n) is 7.17. The molecule has 220 valence electrons. The number of nitrogens with zero attached hydrogens (tertiary/aromatic N) is 2. The van der Waals surface area contributed by atoms with Crippen LogP contribution in [-0.2, 0) is 0 Å². The van der Waals surface area contributed by atoms with Gasteiger partial charge in [0.2, 0.25) is 0 Å². The summed E-state index contributed by atoms with van der Waals surface area (Å²) in [5, 5.41) is 4.25. The minimum absolute atomic E-state index is 0.0682. The lowest BCUT2D eigenvalue weighted by atomic mass is 9.78. The third-order valence-corrected chi connectivity index (χ3v) is 9.42. The van der Waals surface area contributed by atoms with Crippen molar-refractivity contribution in [3.8, 4) is 27.9 Å². The average molecular weight is 607 g/mol. The second kappa shape index (κ2) is 9.94. The number of aromatic nitrogens is 1. The summed E-state index contributed by atoms with van der Waals surface area (Å²) in [4.78, 5) is 2.28. The van der Waals surface area contributed by atoms with Gasteiger partial charge < -0.3 is 9.47 Å². The minimum Gasteiger partial charge on any atom is -0.310 e. The molecule has 0 spiro atoms. The summed E-state index contributed by atoms with van der Waals surface area (Å²) in [6, 6.07) is 36.7. The maximum Gasteiger partial charge on any atom is 0.0645 e. The van der Waals surface area contributed by atoms with Gasteiger partial charge in [-0.2, -0.15) is 0 Å². The van der Waals surface area contributed by atoms with Crippen LogP contribution in [0, 0.1) is 6.92 Å². The summed E-state index contributed by atoms with van der Waals surface area (Å²) < 4.78 is 70.5. The average Bonchev–Trinajstić information content (AvgIpc) is 3.57. The number of aryl methyl sites for hydroxylation is 1. The molecule has 0 unspecified atom stereocenters. The fraction of sp³-hybridized carbons (Fsp3) is 0.0222. The number of anilines is 3. The van der Waals surface area contributed by atoms with Gasteiger partial charge in [-0.15, -0.1) is 0 Å². The van der Waals surface area contributed by atoms with Gasteiger partial charge in [-0.25, -0.2) is 0 Å². The van der Waals surface area contributed by atoms with Crippen molar-refractivity contribution in [3.63, 3.8) is 0 Å². The zero-order valence-corrected chi connectivity index (χ0v) is 25.4. The summed E-state index contributed by atoms with van der Waals surface area (Å²) in [6.07, 6.45) is 0. The molecular formula is C45H30N2. The first-order valence-electron chi connectivity index (χ1n) is 19.6. The van der Waals surface area contributed by atoms with Crippen molar-refractivity contribution in [3.05, 3.63) is 169 Å². The van der Waals surface area contributed by atoms with Crippen LogP contribution in [0.1, 0.15) is 16.5 Å². The Hall–Kier alpha value is -6.12. The molecule has 1 aromatic heterocycles. The molecule has 8 aromatic carbocycles. The second-order valence-corrected chi connectivity index (χ2v) is 12.1. The van der Waals surface area contributed by atoms with E-state index in [2.05, 4.69) is 103 Å². The van der Waals surface area contributed by atoms with Crippen molar-refractivity contribution >= 4 is 60.4 Å². The Morgan fingerprint density at radius 2 is 1.04 bits per heavy atom. The fourth-order valence-corrected chi connectivity index (χ4v) is 7.17. The Bertz CT molecular complexity index is 3080. The standard InChI is InChI=1S/C45H30N2/c1-29-11-5-8-16-43(29)46(34-12-3-2-4-13-34)35-21-19-30-25-39-40-26-31-20-22-36(24-33(31)28-42(40)41(39)27-32(30)23-35)47-44-17-9-6-14-37(44)38-15-7-10-18-45(38)47/h2-28H,1H3/i6D,7D,9D,10D,14D,15D,17D,18D. The van der Waals surface area contributed by atoms with Crippen LogP contribution in [0.5, 0.6) is 0 Å². The van der Waals surface area contributed by atoms with Gasteiger partial charge in [0.25, 0.3) is 0 Å². The summed E-state index contributed by atoms with van der Waals surface area (Å²) in [7, 11) is 0. The highest BCUT2D eigenvalue weighted by Gasteiger charge is 2.24. The zero-order valence-electron chi connectivity index (χ0n) is 33.4. The Morgan fingerprint density at radius 1 is 0.489 bits per heavy atom. The Labute approximate surface area is 284 Å². The maximum atomic E-state index is 8.90. The summed E-state index contributed by atoms with van der Waals surface area (Å²) in [5.41, 5.74) is 9.71. The van der Waals surface area contributed by atoms with E-state index in [-0.39, 0.29) is 46.0 Å². The second-order valence-electron chi connectivity index (χ2n) is 12.1. The molecule has 9 aromatic rings. The van der Waals surface area contributed by atoms with Gasteiger partial charge in [0.1, 0.15) is 0 Å². The molecule has 0 bridgehead atoms. The number of hydrogen-bond acceptors (Lipinski definition) is 1. The van der Waals surface area contributed by atoms with E-state index in [1.165, 1.54) is 11.1 Å². The normalized spacial score (nSPS) is 14.3. The van der Waals surface area contributed by atoms with Crippen molar-refractivity contribution in [1.29, 1.82) is 0 Å². The molecular weight excluding hydrogens is 569 g/mol. The van der Waals surface area contributed by atoms with E-state index in [4.69, 9.17) is 11.0 Å². The molecule has 0 saturated carbocycles. The van der Waals surface area contributed by atoms with Crippen LogP contribution in [0.3, 0.4) is 0 Å². The van der Waals surface area contributed by atoms with Crippen LogP contribution < -0.4 is 4.90 Å². The number of hydrogen-bond donors (Lipinski definition) is 0. The number of rotatable bonds is 4. The van der Waals surface area contributed by atoms with E-state index in [1.54, 1.807) is 4.57 Å². The van der Waals surface area contributed by atoms with Gasteiger partial charge in [-0.1, -0.05) is 84.8 Å². The lowest BCUT2D eigenvalue weighted by Gasteiger charge is -2.28. The highest BCUT2D eigenvalue weighted by Crippen LogP contribution is 2.51. The van der Waals surface area contributed by atoms with Gasteiger partial charge in [0, 0.05) is 33.5 Å². The molecule has 0 amide bonds. The van der Waals surface area contributed by atoms with E-state index in [9.17, 15) is 0 Å². The first-order valence-corrected chi connectivity index (χ1v) is 15.6. The molecule has 0 saturated heterocycles. The van der Waals surface area contributed by atoms with Crippen molar-refractivity contribution < 1.29 is 11.0 Å². The van der Waals surface area contributed by atoms with Crippen LogP contribution >= 0.6 is 0 Å². The van der Waals surface area contributed by atoms with Gasteiger partial charge in [-0.3, -0.25) is 0 Å². The topological polar surface area (TPSA) is 8.17 Å². The van der Waals surface area contributed by atoms with Gasteiger partial charge in [0.05, 0.1) is 22.0 Å². The minimum atomic E-state index is -0.456. The Kier molecular flexibility index (Phi) is 4.10. The molecule has 0 atom stereocenters. The van der Waals surface area contributed by atoms with Crippen LogP contribution in [0.15, 0.2) is 164 Å². The van der Waals surface area contributed by atoms with Crippen molar-refractivity contribution in [2.75, 3.05) is 4.90 Å².